The number of carbonyl (C=O) groups excluding carboxylic acids is 2. The van der Waals surface area contributed by atoms with E-state index in [1.165, 1.54) is 0 Å². The zero-order valence-electron chi connectivity index (χ0n) is 18.9. The van der Waals surface area contributed by atoms with Gasteiger partial charge >= 0.3 is 6.09 Å². The number of carbonyl (C=O) groups is 2. The summed E-state index contributed by atoms with van der Waals surface area (Å²) < 4.78 is 11.2. The van der Waals surface area contributed by atoms with Crippen LogP contribution in [0.3, 0.4) is 0 Å². The van der Waals surface area contributed by atoms with E-state index in [2.05, 4.69) is 5.32 Å². The number of amides is 2. The number of aliphatic hydroxyl groups excluding tert-OH is 1. The number of hydrogen-bond acceptors (Lipinski definition) is 5. The van der Waals surface area contributed by atoms with Crippen LogP contribution in [-0.4, -0.2) is 59.5 Å². The zero-order valence-corrected chi connectivity index (χ0v) is 18.9. The molecule has 0 aromatic heterocycles. The summed E-state index contributed by atoms with van der Waals surface area (Å²) in [6.45, 7) is 9.64. The molecule has 1 aromatic rings. The fourth-order valence-electron chi connectivity index (χ4n) is 3.90. The molecule has 1 aliphatic rings. The van der Waals surface area contributed by atoms with E-state index in [4.69, 9.17) is 9.47 Å². The number of hydrogen-bond donors (Lipinski definition) is 2. The van der Waals surface area contributed by atoms with Gasteiger partial charge in [-0.05, 0) is 46.1 Å². The van der Waals surface area contributed by atoms with Crippen LogP contribution in [0.2, 0.25) is 0 Å². The Morgan fingerprint density at radius 3 is 2.40 bits per heavy atom. The van der Waals surface area contributed by atoms with E-state index in [0.717, 1.165) is 18.4 Å². The van der Waals surface area contributed by atoms with Crippen molar-refractivity contribution >= 4 is 12.0 Å². The molecule has 1 aliphatic heterocycles. The molecule has 7 nitrogen and oxygen atoms in total. The van der Waals surface area contributed by atoms with Crippen LogP contribution in [0.4, 0.5) is 4.79 Å². The quantitative estimate of drug-likeness (QED) is 0.707. The van der Waals surface area contributed by atoms with Gasteiger partial charge in [0.1, 0.15) is 5.60 Å². The van der Waals surface area contributed by atoms with E-state index < -0.39 is 29.8 Å². The normalized spacial score (nSPS) is 20.9. The highest BCUT2D eigenvalue weighted by Crippen LogP contribution is 2.28. The molecule has 1 saturated heterocycles. The number of rotatable bonds is 7. The van der Waals surface area contributed by atoms with Crippen LogP contribution in [0.5, 0.6) is 0 Å². The third kappa shape index (κ3) is 6.19. The molecule has 0 spiro atoms. The van der Waals surface area contributed by atoms with E-state index in [0.29, 0.717) is 6.54 Å². The molecular formula is C23H36N2O5. The van der Waals surface area contributed by atoms with E-state index in [1.54, 1.807) is 25.9 Å². The van der Waals surface area contributed by atoms with Gasteiger partial charge in [0.2, 0.25) is 5.91 Å². The van der Waals surface area contributed by atoms with Crippen molar-refractivity contribution in [1.29, 1.82) is 0 Å². The first-order valence-electron chi connectivity index (χ1n) is 10.6. The fourth-order valence-corrected chi connectivity index (χ4v) is 3.90. The number of methoxy groups -OCH3 is 1. The fraction of sp³-hybridized carbons (Fsp3) is 0.652. The molecule has 1 fully saturated rings. The maximum Gasteiger partial charge on any atom is 0.410 e. The number of ether oxygens (including phenoxy) is 2. The van der Waals surface area contributed by atoms with Crippen molar-refractivity contribution in [2.24, 2.45) is 5.92 Å². The standard InChI is InChI=1S/C23H36N2O5/c1-15(21(27)24-16(2)19(26)17-11-8-7-9-12-17)20(29-6)18-13-10-14-25(18)22(28)30-23(3,4)5/h7-9,11-12,15-16,18-20,26H,10,13-14H2,1-6H3,(H,24,27)/t15?,16?,18-,19?,20?/m0/s1. The lowest BCUT2D eigenvalue weighted by molar-refractivity contribution is -0.132. The second kappa shape index (κ2) is 10.3. The van der Waals surface area contributed by atoms with Crippen molar-refractivity contribution in [3.8, 4) is 0 Å². The average Bonchev–Trinajstić information content (AvgIpc) is 3.16. The second-order valence-electron chi connectivity index (χ2n) is 9.03. The van der Waals surface area contributed by atoms with Gasteiger partial charge in [-0.1, -0.05) is 37.3 Å². The summed E-state index contributed by atoms with van der Waals surface area (Å²) in [5.41, 5.74) is 0.159. The molecule has 2 rings (SSSR count). The highest BCUT2D eigenvalue weighted by molar-refractivity contribution is 5.79. The number of benzene rings is 1. The van der Waals surface area contributed by atoms with Crippen molar-refractivity contribution in [3.05, 3.63) is 35.9 Å². The van der Waals surface area contributed by atoms with Crippen molar-refractivity contribution in [1.82, 2.24) is 10.2 Å². The predicted molar refractivity (Wildman–Crippen MR) is 115 cm³/mol. The first-order valence-corrected chi connectivity index (χ1v) is 10.6. The van der Waals surface area contributed by atoms with Crippen LogP contribution in [0.25, 0.3) is 0 Å². The molecular weight excluding hydrogens is 384 g/mol. The van der Waals surface area contributed by atoms with Gasteiger partial charge in [-0.3, -0.25) is 4.79 Å². The maximum absolute atomic E-state index is 12.9. The molecule has 2 N–H and O–H groups in total. The lowest BCUT2D eigenvalue weighted by Crippen LogP contribution is -2.51. The highest BCUT2D eigenvalue weighted by Gasteiger charge is 2.41. The number of aliphatic hydroxyl groups is 1. The molecule has 1 heterocycles. The van der Waals surface area contributed by atoms with Crippen LogP contribution < -0.4 is 5.32 Å². The highest BCUT2D eigenvalue weighted by atomic mass is 16.6. The zero-order chi connectivity index (χ0) is 22.5. The predicted octanol–water partition coefficient (Wildman–Crippen LogP) is 3.28. The molecule has 7 heteroatoms. The van der Waals surface area contributed by atoms with Crippen LogP contribution in [0.1, 0.15) is 59.1 Å². The summed E-state index contributed by atoms with van der Waals surface area (Å²) in [5.74, 6) is -0.728. The Balaban J connectivity index is 2.04. The van der Waals surface area contributed by atoms with Gasteiger partial charge < -0.3 is 24.8 Å². The first-order chi connectivity index (χ1) is 14.0. The summed E-state index contributed by atoms with van der Waals surface area (Å²) in [7, 11) is 1.56. The monoisotopic (exact) mass is 420 g/mol. The van der Waals surface area contributed by atoms with Crippen molar-refractivity contribution in [3.63, 3.8) is 0 Å². The van der Waals surface area contributed by atoms with Gasteiger partial charge in [0, 0.05) is 13.7 Å². The largest absolute Gasteiger partial charge is 0.444 e. The molecule has 0 aliphatic carbocycles. The van der Waals surface area contributed by atoms with Gasteiger partial charge in [-0.2, -0.15) is 0 Å². The van der Waals surface area contributed by atoms with E-state index in [1.807, 2.05) is 51.1 Å². The van der Waals surface area contributed by atoms with E-state index >= 15 is 0 Å². The number of nitrogens with one attached hydrogen (secondary N) is 1. The minimum absolute atomic E-state index is 0.222. The lowest BCUT2D eigenvalue weighted by atomic mass is 9.94. The minimum atomic E-state index is -0.812. The molecule has 5 atom stereocenters. The Morgan fingerprint density at radius 2 is 1.83 bits per heavy atom. The topological polar surface area (TPSA) is 88.1 Å². The third-order valence-electron chi connectivity index (χ3n) is 5.47. The second-order valence-corrected chi connectivity index (χ2v) is 9.03. The van der Waals surface area contributed by atoms with E-state index in [9.17, 15) is 14.7 Å². The van der Waals surface area contributed by atoms with Crippen LogP contribution in [-0.2, 0) is 14.3 Å². The molecule has 0 saturated carbocycles. The van der Waals surface area contributed by atoms with Crippen LogP contribution in [0.15, 0.2) is 30.3 Å². The maximum atomic E-state index is 12.9. The lowest BCUT2D eigenvalue weighted by Gasteiger charge is -2.35. The SMILES string of the molecule is COC(C(C)C(=O)NC(C)C(O)c1ccccc1)[C@@H]1CCCN1C(=O)OC(C)(C)C. The molecule has 168 valence electrons. The van der Waals surface area contributed by atoms with Gasteiger partial charge in [0.15, 0.2) is 0 Å². The number of likely N-dealkylation sites (tertiary alicyclic amines) is 1. The van der Waals surface area contributed by atoms with Crippen molar-refractivity contribution in [2.45, 2.75) is 77.4 Å². The first kappa shape index (κ1) is 24.2. The van der Waals surface area contributed by atoms with Crippen molar-refractivity contribution < 1.29 is 24.2 Å². The van der Waals surface area contributed by atoms with Gasteiger partial charge in [0.05, 0.1) is 30.2 Å². The van der Waals surface area contributed by atoms with Crippen molar-refractivity contribution in [2.75, 3.05) is 13.7 Å². The van der Waals surface area contributed by atoms with Crippen LogP contribution >= 0.6 is 0 Å². The molecule has 4 unspecified atom stereocenters. The summed E-state index contributed by atoms with van der Waals surface area (Å²) in [6.07, 6.45) is -0.0830. The molecule has 0 bridgehead atoms. The van der Waals surface area contributed by atoms with Gasteiger partial charge in [-0.25, -0.2) is 4.79 Å². The molecule has 1 aromatic carbocycles. The van der Waals surface area contributed by atoms with Gasteiger partial charge in [0.25, 0.3) is 0 Å². The molecule has 2 amide bonds. The Labute approximate surface area is 179 Å². The Hall–Kier alpha value is -2.12. The van der Waals surface area contributed by atoms with E-state index in [-0.39, 0.29) is 18.0 Å². The minimum Gasteiger partial charge on any atom is -0.444 e. The molecule has 30 heavy (non-hydrogen) atoms. The summed E-state index contributed by atoms with van der Waals surface area (Å²) in [6, 6.07) is 8.52. The Kier molecular flexibility index (Phi) is 8.26. The van der Waals surface area contributed by atoms with Gasteiger partial charge in [-0.15, -0.1) is 0 Å². The summed E-state index contributed by atoms with van der Waals surface area (Å²) in [5, 5.41) is 13.4. The third-order valence-corrected chi connectivity index (χ3v) is 5.47. The smallest absolute Gasteiger partial charge is 0.410 e. The van der Waals surface area contributed by atoms with Crippen LogP contribution in [0, 0.1) is 5.92 Å². The Morgan fingerprint density at radius 1 is 1.20 bits per heavy atom. The summed E-state index contributed by atoms with van der Waals surface area (Å²) in [4.78, 5) is 27.2. The molecule has 0 radical (unpaired) electrons. The summed E-state index contributed by atoms with van der Waals surface area (Å²) >= 11 is 0. The Bertz CT molecular complexity index is 703. The number of nitrogens with zero attached hydrogens (tertiary/aromatic N) is 1. The average molecular weight is 421 g/mol.